The molecule has 0 unspecified atom stereocenters. The highest BCUT2D eigenvalue weighted by atomic mass is 32.2. The molecule has 41 heavy (non-hydrogen) atoms. The molecule has 226 valence electrons. The molecule has 1 heterocycles. The number of hydrogen-bond acceptors (Lipinski definition) is 6. The molecule has 2 aromatic carbocycles. The quantitative estimate of drug-likeness (QED) is 0.350. The van der Waals surface area contributed by atoms with Gasteiger partial charge >= 0.3 is 5.97 Å². The van der Waals surface area contributed by atoms with Gasteiger partial charge in [0.2, 0.25) is 0 Å². The van der Waals surface area contributed by atoms with Gasteiger partial charge in [-0.3, -0.25) is 9.69 Å². The maximum absolute atomic E-state index is 13.4. The van der Waals surface area contributed by atoms with E-state index in [-0.39, 0.29) is 19.6 Å². The van der Waals surface area contributed by atoms with Crippen molar-refractivity contribution in [2.24, 2.45) is 0 Å². The van der Waals surface area contributed by atoms with Crippen LogP contribution in [-0.4, -0.2) is 73.6 Å². The smallest absolute Gasteiger partial charge is 0.326 e. The second kappa shape index (κ2) is 14.9. The summed E-state index contributed by atoms with van der Waals surface area (Å²) >= 11 is 0. The number of amides is 1. The van der Waals surface area contributed by atoms with Crippen LogP contribution in [0.2, 0.25) is 0 Å². The van der Waals surface area contributed by atoms with E-state index in [1.54, 1.807) is 6.07 Å². The SMILES string of the molecule is C.Cc1ccccc1-c1cc(CN2CCC[C@@H]2COC2CCCCC2)ccc1C(=O)N[C@@H](CCS(C)(=O)=O)C(=O)O. The number of nitrogens with zero attached hydrogens (tertiary/aromatic N) is 1. The van der Waals surface area contributed by atoms with Crippen LogP contribution in [0.1, 0.15) is 80.3 Å². The minimum Gasteiger partial charge on any atom is -0.480 e. The van der Waals surface area contributed by atoms with Crippen LogP contribution in [0.5, 0.6) is 0 Å². The van der Waals surface area contributed by atoms with Crippen molar-refractivity contribution in [1.29, 1.82) is 0 Å². The number of aliphatic carboxylic acids is 1. The van der Waals surface area contributed by atoms with Gasteiger partial charge in [0.1, 0.15) is 15.9 Å². The Balaban J connectivity index is 0.00000462. The summed E-state index contributed by atoms with van der Waals surface area (Å²) in [6.45, 7) is 4.47. The third-order valence-electron chi connectivity index (χ3n) is 8.11. The number of likely N-dealkylation sites (tertiary alicyclic amines) is 1. The van der Waals surface area contributed by atoms with E-state index in [9.17, 15) is 23.1 Å². The zero-order valence-electron chi connectivity index (χ0n) is 23.6. The van der Waals surface area contributed by atoms with Crippen molar-refractivity contribution in [2.45, 2.75) is 90.4 Å². The molecule has 2 N–H and O–H groups in total. The number of carboxylic acid groups (broad SMARTS) is 1. The van der Waals surface area contributed by atoms with Gasteiger partial charge in [0.05, 0.1) is 18.5 Å². The Bertz CT molecular complexity index is 1290. The van der Waals surface area contributed by atoms with Crippen LogP contribution >= 0.6 is 0 Å². The summed E-state index contributed by atoms with van der Waals surface area (Å²) in [5.41, 5.74) is 4.07. The number of ether oxygens (including phenoxy) is 1. The largest absolute Gasteiger partial charge is 0.480 e. The number of nitrogens with one attached hydrogen (secondary N) is 1. The second-order valence-corrected chi connectivity index (χ2v) is 13.6. The average Bonchev–Trinajstić information content (AvgIpc) is 3.36. The van der Waals surface area contributed by atoms with E-state index in [0.29, 0.717) is 17.7 Å². The van der Waals surface area contributed by atoms with Gasteiger partial charge in [0.15, 0.2) is 0 Å². The third kappa shape index (κ3) is 9.38. The molecule has 2 aliphatic rings. The Labute approximate surface area is 245 Å². The Hall–Kier alpha value is -2.75. The van der Waals surface area contributed by atoms with Crippen LogP contribution in [0.15, 0.2) is 42.5 Å². The molecule has 0 bridgehead atoms. The molecule has 4 rings (SSSR count). The molecule has 0 radical (unpaired) electrons. The van der Waals surface area contributed by atoms with Crippen LogP contribution < -0.4 is 5.32 Å². The summed E-state index contributed by atoms with van der Waals surface area (Å²) < 4.78 is 29.5. The highest BCUT2D eigenvalue weighted by molar-refractivity contribution is 7.90. The van der Waals surface area contributed by atoms with Crippen molar-refractivity contribution in [3.8, 4) is 11.1 Å². The third-order valence-corrected chi connectivity index (χ3v) is 9.08. The molecule has 1 amide bonds. The summed E-state index contributed by atoms with van der Waals surface area (Å²) in [5, 5.41) is 12.2. The monoisotopic (exact) mass is 586 g/mol. The van der Waals surface area contributed by atoms with E-state index in [4.69, 9.17) is 4.74 Å². The second-order valence-electron chi connectivity index (χ2n) is 11.3. The van der Waals surface area contributed by atoms with Crippen molar-refractivity contribution in [1.82, 2.24) is 10.2 Å². The van der Waals surface area contributed by atoms with Crippen LogP contribution in [0.25, 0.3) is 11.1 Å². The first-order valence-electron chi connectivity index (χ1n) is 14.4. The predicted molar refractivity (Wildman–Crippen MR) is 163 cm³/mol. The lowest BCUT2D eigenvalue weighted by atomic mass is 9.93. The Morgan fingerprint density at radius 2 is 1.78 bits per heavy atom. The van der Waals surface area contributed by atoms with E-state index < -0.39 is 27.8 Å². The summed E-state index contributed by atoms with van der Waals surface area (Å²) in [6.07, 6.45) is 9.62. The molecule has 2 aromatic rings. The van der Waals surface area contributed by atoms with E-state index in [2.05, 4.69) is 10.2 Å². The number of hydrogen-bond donors (Lipinski definition) is 2. The Morgan fingerprint density at radius 1 is 1.05 bits per heavy atom. The number of rotatable bonds is 12. The fourth-order valence-electron chi connectivity index (χ4n) is 5.82. The van der Waals surface area contributed by atoms with Crippen molar-refractivity contribution >= 4 is 21.7 Å². The molecule has 1 aliphatic carbocycles. The van der Waals surface area contributed by atoms with Gasteiger partial charge in [0, 0.05) is 24.4 Å². The van der Waals surface area contributed by atoms with Gasteiger partial charge < -0.3 is 15.2 Å². The molecule has 8 nitrogen and oxygen atoms in total. The van der Waals surface area contributed by atoms with Crippen LogP contribution in [-0.2, 0) is 25.9 Å². The van der Waals surface area contributed by atoms with Gasteiger partial charge in [-0.25, -0.2) is 13.2 Å². The summed E-state index contributed by atoms with van der Waals surface area (Å²) in [7, 11) is -3.37. The van der Waals surface area contributed by atoms with Crippen molar-refractivity contribution < 1.29 is 27.9 Å². The molecule has 1 saturated heterocycles. The standard InChI is InChI=1S/C31H42N2O6S.CH4/c1-22-9-6-7-13-26(22)28-19-23(20-33-17-8-10-24(33)21-39-25-11-4-3-5-12-25)14-15-27(28)30(34)32-29(31(35)36)16-18-40(2,37)38;/h6-7,9,13-15,19,24-25,29H,3-5,8,10-12,16-18,20-21H2,1-2H3,(H,32,34)(H,35,36);1H4/t24-,29+;/m1./s1. The first-order valence-corrected chi connectivity index (χ1v) is 16.4. The van der Waals surface area contributed by atoms with Crippen LogP contribution in [0, 0.1) is 6.92 Å². The van der Waals surface area contributed by atoms with Gasteiger partial charge in [-0.1, -0.05) is 57.0 Å². The van der Waals surface area contributed by atoms with E-state index in [1.807, 2.05) is 43.3 Å². The lowest BCUT2D eigenvalue weighted by Gasteiger charge is -2.28. The normalized spacial score (nSPS) is 18.9. The van der Waals surface area contributed by atoms with E-state index >= 15 is 0 Å². The van der Waals surface area contributed by atoms with Gasteiger partial charge in [-0.05, 0) is 80.0 Å². The molecule has 9 heteroatoms. The lowest BCUT2D eigenvalue weighted by molar-refractivity contribution is -0.139. The van der Waals surface area contributed by atoms with Gasteiger partial charge in [-0.15, -0.1) is 0 Å². The number of aryl methyl sites for hydroxylation is 1. The highest BCUT2D eigenvalue weighted by Gasteiger charge is 2.28. The molecular weight excluding hydrogens is 540 g/mol. The molecule has 2 fully saturated rings. The lowest BCUT2D eigenvalue weighted by Crippen LogP contribution is -2.42. The molecule has 1 aliphatic heterocycles. The summed E-state index contributed by atoms with van der Waals surface area (Å²) in [5.74, 6) is -2.12. The topological polar surface area (TPSA) is 113 Å². The highest BCUT2D eigenvalue weighted by Crippen LogP contribution is 2.30. The number of sulfone groups is 1. The summed E-state index contributed by atoms with van der Waals surface area (Å²) in [4.78, 5) is 27.6. The first kappa shape index (κ1) is 32.8. The molecule has 0 spiro atoms. The van der Waals surface area contributed by atoms with Crippen molar-refractivity contribution in [2.75, 3.05) is 25.2 Å². The number of carbonyl (C=O) groups is 2. The maximum atomic E-state index is 13.4. The van der Waals surface area contributed by atoms with Crippen molar-refractivity contribution in [3.63, 3.8) is 0 Å². The minimum atomic E-state index is -3.37. The van der Waals surface area contributed by atoms with Gasteiger partial charge in [0.25, 0.3) is 5.91 Å². The van der Waals surface area contributed by atoms with Crippen LogP contribution in [0.3, 0.4) is 0 Å². The zero-order chi connectivity index (χ0) is 28.7. The van der Waals surface area contributed by atoms with Gasteiger partial charge in [-0.2, -0.15) is 0 Å². The Morgan fingerprint density at radius 3 is 2.46 bits per heavy atom. The summed E-state index contributed by atoms with van der Waals surface area (Å²) in [6, 6.07) is 12.6. The Kier molecular flexibility index (Phi) is 11.9. The molecular formula is C32H46N2O6S. The zero-order valence-corrected chi connectivity index (χ0v) is 24.4. The molecule has 2 atom stereocenters. The fourth-order valence-corrected chi connectivity index (χ4v) is 6.48. The van der Waals surface area contributed by atoms with Crippen molar-refractivity contribution in [3.05, 3.63) is 59.2 Å². The number of carbonyl (C=O) groups excluding carboxylic acids is 1. The van der Waals surface area contributed by atoms with E-state index in [1.165, 1.54) is 19.3 Å². The number of carboxylic acids is 1. The minimum absolute atomic E-state index is 0. The molecule has 1 saturated carbocycles. The first-order chi connectivity index (χ1) is 19.1. The predicted octanol–water partition coefficient (Wildman–Crippen LogP) is 5.23. The fraction of sp³-hybridized carbons (Fsp3) is 0.562. The van der Waals surface area contributed by atoms with Crippen LogP contribution in [0.4, 0.5) is 0 Å². The number of benzene rings is 2. The molecule has 0 aromatic heterocycles. The average molecular weight is 587 g/mol. The van der Waals surface area contributed by atoms with E-state index in [0.717, 1.165) is 73.9 Å². The maximum Gasteiger partial charge on any atom is 0.326 e.